The van der Waals surface area contributed by atoms with Crippen molar-refractivity contribution in [3.8, 4) is 0 Å². The van der Waals surface area contributed by atoms with Crippen LogP contribution in [-0.2, 0) is 0 Å². The summed E-state index contributed by atoms with van der Waals surface area (Å²) in [4.78, 5) is 8.30. The largest absolute Gasteiger partial charge is 0.316 e. The highest BCUT2D eigenvalue weighted by atomic mass is 14.8. The molecule has 0 fully saturated rings. The fourth-order valence-electron chi connectivity index (χ4n) is 0.861. The molecule has 0 saturated carbocycles. The Balaban J connectivity index is 2.63. The third-order valence-corrected chi connectivity index (χ3v) is 1.38. The second-order valence-corrected chi connectivity index (χ2v) is 2.55. The van der Waals surface area contributed by atoms with Crippen LogP contribution in [-0.4, -0.2) is 23.6 Å². The lowest BCUT2D eigenvalue weighted by atomic mass is 10.3. The van der Waals surface area contributed by atoms with E-state index in [4.69, 9.17) is 0 Å². The van der Waals surface area contributed by atoms with E-state index < -0.39 is 0 Å². The molecule has 0 aliphatic carbocycles. The topological polar surface area (TPSA) is 37.8 Å². The number of nitrogens with one attached hydrogen (secondary N) is 1. The van der Waals surface area contributed by atoms with Gasteiger partial charge in [-0.05, 0) is 20.0 Å². The molecule has 0 aromatic carbocycles. The fourth-order valence-corrected chi connectivity index (χ4v) is 0.861. The van der Waals surface area contributed by atoms with Crippen LogP contribution in [0.25, 0.3) is 6.08 Å². The summed E-state index contributed by atoms with van der Waals surface area (Å²) in [5, 5.41) is 3.02. The van der Waals surface area contributed by atoms with E-state index in [1.54, 1.807) is 12.4 Å². The molecule has 0 amide bonds. The lowest BCUT2D eigenvalue weighted by molar-refractivity contribution is 0.921. The molecule has 0 radical (unpaired) electrons. The molecule has 0 atom stereocenters. The van der Waals surface area contributed by atoms with Crippen molar-refractivity contribution in [3.05, 3.63) is 29.9 Å². The molecule has 64 valence electrons. The van der Waals surface area contributed by atoms with Crippen LogP contribution < -0.4 is 5.32 Å². The van der Waals surface area contributed by atoms with Crippen molar-refractivity contribution in [2.45, 2.75) is 6.92 Å². The van der Waals surface area contributed by atoms with Crippen molar-refractivity contribution in [1.82, 2.24) is 15.3 Å². The molecule has 1 aromatic rings. The van der Waals surface area contributed by atoms with Crippen LogP contribution in [0.15, 0.2) is 18.5 Å². The van der Waals surface area contributed by atoms with E-state index in [1.165, 1.54) is 0 Å². The Bertz CT molecular complexity index is 268. The summed E-state index contributed by atoms with van der Waals surface area (Å²) < 4.78 is 0. The van der Waals surface area contributed by atoms with Gasteiger partial charge in [-0.15, -0.1) is 0 Å². The molecule has 0 bridgehead atoms. The van der Waals surface area contributed by atoms with Crippen LogP contribution in [0.5, 0.6) is 0 Å². The zero-order valence-electron chi connectivity index (χ0n) is 7.41. The minimum atomic E-state index is 0.857. The molecule has 0 aliphatic heterocycles. The Morgan fingerprint density at radius 1 is 1.50 bits per heavy atom. The highest BCUT2D eigenvalue weighted by Crippen LogP contribution is 1.96. The molecule has 3 nitrogen and oxygen atoms in total. The van der Waals surface area contributed by atoms with Gasteiger partial charge in [0.05, 0.1) is 17.6 Å². The van der Waals surface area contributed by atoms with Crippen LogP contribution in [0.2, 0.25) is 0 Å². The normalized spacial score (nSPS) is 10.8. The van der Waals surface area contributed by atoms with Gasteiger partial charge in [0, 0.05) is 12.7 Å². The van der Waals surface area contributed by atoms with Crippen LogP contribution >= 0.6 is 0 Å². The number of hydrogen-bond donors (Lipinski definition) is 1. The summed E-state index contributed by atoms with van der Waals surface area (Å²) in [6.07, 6.45) is 7.47. The van der Waals surface area contributed by atoms with Crippen LogP contribution in [0, 0.1) is 6.92 Å². The molecule has 3 heteroatoms. The van der Waals surface area contributed by atoms with E-state index in [2.05, 4.69) is 15.3 Å². The number of aryl methyl sites for hydroxylation is 1. The molecule has 1 N–H and O–H groups in total. The second kappa shape index (κ2) is 4.62. The number of aromatic nitrogens is 2. The van der Waals surface area contributed by atoms with Gasteiger partial charge in [-0.3, -0.25) is 9.97 Å². The molecular weight excluding hydrogens is 150 g/mol. The third kappa shape index (κ3) is 2.80. The van der Waals surface area contributed by atoms with Crippen LogP contribution in [0.1, 0.15) is 11.4 Å². The second-order valence-electron chi connectivity index (χ2n) is 2.55. The molecule has 1 heterocycles. The van der Waals surface area contributed by atoms with Crippen molar-refractivity contribution in [3.63, 3.8) is 0 Å². The minimum absolute atomic E-state index is 0.857. The van der Waals surface area contributed by atoms with Crippen molar-refractivity contribution in [2.24, 2.45) is 0 Å². The van der Waals surface area contributed by atoms with Crippen LogP contribution in [0.3, 0.4) is 0 Å². The maximum atomic E-state index is 4.27. The first-order chi connectivity index (χ1) is 5.83. The molecule has 0 unspecified atom stereocenters. The molecular formula is C9H13N3. The average Bonchev–Trinajstić information content (AvgIpc) is 2.05. The van der Waals surface area contributed by atoms with Crippen LogP contribution in [0.4, 0.5) is 0 Å². The smallest absolute Gasteiger partial charge is 0.0813 e. The Morgan fingerprint density at radius 2 is 2.33 bits per heavy atom. The lowest BCUT2D eigenvalue weighted by Gasteiger charge is -1.93. The highest BCUT2D eigenvalue weighted by Gasteiger charge is 1.88. The Morgan fingerprint density at radius 3 is 3.00 bits per heavy atom. The Kier molecular flexibility index (Phi) is 3.41. The monoisotopic (exact) mass is 163 g/mol. The fraction of sp³-hybridized carbons (Fsp3) is 0.333. The summed E-state index contributed by atoms with van der Waals surface area (Å²) in [5.41, 5.74) is 1.85. The molecule has 1 rings (SSSR count). The zero-order valence-corrected chi connectivity index (χ0v) is 7.41. The number of likely N-dealkylation sites (N-methyl/N-ethyl adjacent to an activating group) is 1. The van der Waals surface area contributed by atoms with Gasteiger partial charge in [-0.2, -0.15) is 0 Å². The van der Waals surface area contributed by atoms with Gasteiger partial charge in [-0.25, -0.2) is 0 Å². The number of nitrogens with zero attached hydrogens (tertiary/aromatic N) is 2. The highest BCUT2D eigenvalue weighted by molar-refractivity contribution is 5.43. The van der Waals surface area contributed by atoms with Gasteiger partial charge in [0.2, 0.25) is 0 Å². The van der Waals surface area contributed by atoms with Crippen molar-refractivity contribution in [1.29, 1.82) is 0 Å². The van der Waals surface area contributed by atoms with E-state index in [0.29, 0.717) is 0 Å². The van der Waals surface area contributed by atoms with E-state index in [9.17, 15) is 0 Å². The molecule has 1 aromatic heterocycles. The van der Waals surface area contributed by atoms with Gasteiger partial charge in [0.25, 0.3) is 0 Å². The van der Waals surface area contributed by atoms with Gasteiger partial charge >= 0.3 is 0 Å². The minimum Gasteiger partial charge on any atom is -0.316 e. The van der Waals surface area contributed by atoms with E-state index in [0.717, 1.165) is 17.9 Å². The van der Waals surface area contributed by atoms with Gasteiger partial charge in [0.15, 0.2) is 0 Å². The SMILES string of the molecule is CNCC=Cc1cncc(C)n1. The predicted molar refractivity (Wildman–Crippen MR) is 49.7 cm³/mol. The first-order valence-corrected chi connectivity index (χ1v) is 3.92. The summed E-state index contributed by atoms with van der Waals surface area (Å²) in [6, 6.07) is 0. The van der Waals surface area contributed by atoms with Gasteiger partial charge in [0.1, 0.15) is 0 Å². The lowest BCUT2D eigenvalue weighted by Crippen LogP contribution is -2.03. The summed E-state index contributed by atoms with van der Waals surface area (Å²) in [7, 11) is 1.91. The van der Waals surface area contributed by atoms with E-state index >= 15 is 0 Å². The Hall–Kier alpha value is -1.22. The van der Waals surface area contributed by atoms with Crippen molar-refractivity contribution in [2.75, 3.05) is 13.6 Å². The average molecular weight is 163 g/mol. The molecule has 12 heavy (non-hydrogen) atoms. The molecule has 0 spiro atoms. The van der Waals surface area contributed by atoms with E-state index in [1.807, 2.05) is 26.1 Å². The third-order valence-electron chi connectivity index (χ3n) is 1.38. The maximum Gasteiger partial charge on any atom is 0.0813 e. The quantitative estimate of drug-likeness (QED) is 0.723. The van der Waals surface area contributed by atoms with Gasteiger partial charge < -0.3 is 5.32 Å². The zero-order chi connectivity index (χ0) is 8.81. The summed E-state index contributed by atoms with van der Waals surface area (Å²) in [5.74, 6) is 0. The van der Waals surface area contributed by atoms with Crippen molar-refractivity contribution < 1.29 is 0 Å². The summed E-state index contributed by atoms with van der Waals surface area (Å²) in [6.45, 7) is 2.79. The predicted octanol–water partition coefficient (Wildman–Crippen LogP) is 1.02. The number of rotatable bonds is 3. The Labute approximate surface area is 72.6 Å². The molecule has 0 aliphatic rings. The maximum absolute atomic E-state index is 4.27. The first kappa shape index (κ1) is 8.87. The first-order valence-electron chi connectivity index (χ1n) is 3.92. The number of hydrogen-bond acceptors (Lipinski definition) is 3. The standard InChI is InChI=1S/C9H13N3/c1-8-6-11-7-9(12-8)4-3-5-10-2/h3-4,6-7,10H,5H2,1-2H3. The van der Waals surface area contributed by atoms with E-state index in [-0.39, 0.29) is 0 Å². The summed E-state index contributed by atoms with van der Waals surface area (Å²) >= 11 is 0. The molecule has 0 saturated heterocycles. The van der Waals surface area contributed by atoms with Crippen molar-refractivity contribution >= 4 is 6.08 Å². The van der Waals surface area contributed by atoms with Gasteiger partial charge in [-0.1, -0.05) is 6.08 Å².